The van der Waals surface area contributed by atoms with Crippen molar-refractivity contribution in [2.75, 3.05) is 5.32 Å². The number of H-pyrrole nitrogens is 1. The third kappa shape index (κ3) is 2.64. The minimum absolute atomic E-state index is 0.565. The molecule has 0 fully saturated rings. The molecule has 0 aliphatic carbocycles. The molecule has 2 rings (SSSR count). The first-order chi connectivity index (χ1) is 7.25. The lowest BCUT2D eigenvalue weighted by atomic mass is 10.2. The first-order valence-corrected chi connectivity index (χ1v) is 5.18. The van der Waals surface area contributed by atoms with Crippen molar-refractivity contribution in [1.29, 1.82) is 0 Å². The average Bonchev–Trinajstić information content (AvgIpc) is 2.73. The second-order valence-corrected chi connectivity index (χ2v) is 3.85. The zero-order chi connectivity index (χ0) is 10.7. The minimum Gasteiger partial charge on any atom is -0.352 e. The summed E-state index contributed by atoms with van der Waals surface area (Å²) in [4.78, 5) is 7.00. The normalized spacial score (nSPS) is 10.3. The lowest BCUT2D eigenvalue weighted by molar-refractivity contribution is 1.09. The zero-order valence-corrected chi connectivity index (χ0v) is 9.31. The van der Waals surface area contributed by atoms with Gasteiger partial charge in [0, 0.05) is 18.9 Å². The number of hydrogen-bond acceptors (Lipinski definition) is 2. The fourth-order valence-electron chi connectivity index (χ4n) is 1.20. The number of aromatic nitrogens is 2. The van der Waals surface area contributed by atoms with Crippen LogP contribution in [0.4, 0.5) is 5.95 Å². The highest BCUT2D eigenvalue weighted by atomic mass is 35.5. The van der Waals surface area contributed by atoms with Crippen LogP contribution >= 0.6 is 23.2 Å². The molecule has 0 bridgehead atoms. The summed E-state index contributed by atoms with van der Waals surface area (Å²) in [6, 6.07) is 5.53. The molecule has 0 radical (unpaired) electrons. The van der Waals surface area contributed by atoms with Gasteiger partial charge in [0.25, 0.3) is 0 Å². The second kappa shape index (κ2) is 4.55. The van der Waals surface area contributed by atoms with Gasteiger partial charge in [-0.15, -0.1) is 0 Å². The lowest BCUT2D eigenvalue weighted by Crippen LogP contribution is -2.00. The predicted molar refractivity (Wildman–Crippen MR) is 62.4 cm³/mol. The molecule has 0 aliphatic heterocycles. The van der Waals surface area contributed by atoms with E-state index in [1.807, 2.05) is 12.1 Å². The Hall–Kier alpha value is -1.19. The molecule has 78 valence electrons. The fourth-order valence-corrected chi connectivity index (χ4v) is 1.52. The largest absolute Gasteiger partial charge is 0.352 e. The maximum Gasteiger partial charge on any atom is 0.200 e. The van der Waals surface area contributed by atoms with Crippen molar-refractivity contribution >= 4 is 29.2 Å². The van der Waals surface area contributed by atoms with Gasteiger partial charge in [-0.3, -0.25) is 0 Å². The van der Waals surface area contributed by atoms with Gasteiger partial charge in [0.2, 0.25) is 0 Å². The van der Waals surface area contributed by atoms with Crippen LogP contribution in [0.25, 0.3) is 0 Å². The van der Waals surface area contributed by atoms with Crippen LogP contribution in [0.3, 0.4) is 0 Å². The molecule has 0 saturated carbocycles. The van der Waals surface area contributed by atoms with E-state index in [1.165, 1.54) is 0 Å². The van der Waals surface area contributed by atoms with Gasteiger partial charge in [-0.25, -0.2) is 4.98 Å². The SMILES string of the molecule is Clc1ccc(CNc2ncc[nH]2)cc1Cl. The van der Waals surface area contributed by atoms with Gasteiger partial charge < -0.3 is 10.3 Å². The fraction of sp³-hybridized carbons (Fsp3) is 0.100. The number of imidazole rings is 1. The molecule has 0 unspecified atom stereocenters. The summed E-state index contributed by atoms with van der Waals surface area (Å²) in [5.74, 6) is 0.737. The Morgan fingerprint density at radius 1 is 1.27 bits per heavy atom. The summed E-state index contributed by atoms with van der Waals surface area (Å²) in [5, 5.41) is 4.25. The standard InChI is InChI=1S/C10H9Cl2N3/c11-8-2-1-7(5-9(8)12)6-15-10-13-3-4-14-10/h1-5H,6H2,(H2,13,14,15). The van der Waals surface area contributed by atoms with Crippen LogP contribution in [-0.2, 0) is 6.54 Å². The van der Waals surface area contributed by atoms with Crippen molar-refractivity contribution in [2.24, 2.45) is 0 Å². The van der Waals surface area contributed by atoms with Crippen LogP contribution in [0.5, 0.6) is 0 Å². The molecule has 15 heavy (non-hydrogen) atoms. The molecule has 0 saturated heterocycles. The van der Waals surface area contributed by atoms with Crippen molar-refractivity contribution < 1.29 is 0 Å². The van der Waals surface area contributed by atoms with Gasteiger partial charge in [0.1, 0.15) is 0 Å². The first kappa shape index (κ1) is 10.3. The molecule has 0 spiro atoms. The topological polar surface area (TPSA) is 40.7 Å². The maximum absolute atomic E-state index is 5.89. The van der Waals surface area contributed by atoms with E-state index < -0.39 is 0 Å². The molecule has 1 heterocycles. The third-order valence-corrected chi connectivity index (χ3v) is 2.68. The van der Waals surface area contributed by atoms with Gasteiger partial charge in [-0.2, -0.15) is 0 Å². The molecule has 1 aromatic carbocycles. The third-order valence-electron chi connectivity index (χ3n) is 1.94. The second-order valence-electron chi connectivity index (χ2n) is 3.04. The van der Waals surface area contributed by atoms with Gasteiger partial charge in [-0.05, 0) is 17.7 Å². The molecule has 5 heteroatoms. The molecular formula is C10H9Cl2N3. The van der Waals surface area contributed by atoms with Crippen LogP contribution in [0.15, 0.2) is 30.6 Å². The molecule has 0 amide bonds. The first-order valence-electron chi connectivity index (χ1n) is 4.43. The van der Waals surface area contributed by atoms with E-state index in [1.54, 1.807) is 18.5 Å². The Bertz CT molecular complexity index is 440. The summed E-state index contributed by atoms with van der Waals surface area (Å²) >= 11 is 11.7. The molecule has 0 aliphatic rings. The van der Waals surface area contributed by atoms with E-state index in [-0.39, 0.29) is 0 Å². The molecule has 2 N–H and O–H groups in total. The Labute approximate surface area is 97.4 Å². The molecule has 2 aromatic rings. The number of nitrogens with zero attached hydrogens (tertiary/aromatic N) is 1. The highest BCUT2D eigenvalue weighted by Crippen LogP contribution is 2.22. The molecular weight excluding hydrogens is 233 g/mol. The summed E-state index contributed by atoms with van der Waals surface area (Å²) in [7, 11) is 0. The van der Waals surface area contributed by atoms with Crippen LogP contribution < -0.4 is 5.32 Å². The van der Waals surface area contributed by atoms with Crippen LogP contribution in [0, 0.1) is 0 Å². The van der Waals surface area contributed by atoms with E-state index in [9.17, 15) is 0 Å². The smallest absolute Gasteiger partial charge is 0.200 e. The average molecular weight is 242 g/mol. The van der Waals surface area contributed by atoms with Crippen molar-refractivity contribution in [3.63, 3.8) is 0 Å². The molecule has 0 atom stereocenters. The quantitative estimate of drug-likeness (QED) is 0.866. The monoisotopic (exact) mass is 241 g/mol. The minimum atomic E-state index is 0.565. The van der Waals surface area contributed by atoms with Gasteiger partial charge in [0.15, 0.2) is 5.95 Å². The summed E-state index contributed by atoms with van der Waals surface area (Å²) < 4.78 is 0. The van der Waals surface area contributed by atoms with Gasteiger partial charge in [-0.1, -0.05) is 29.3 Å². The van der Waals surface area contributed by atoms with Gasteiger partial charge in [0.05, 0.1) is 10.0 Å². The summed E-state index contributed by atoms with van der Waals surface area (Å²) in [6.45, 7) is 0.657. The number of halogens is 2. The van der Waals surface area contributed by atoms with Crippen molar-refractivity contribution in [2.45, 2.75) is 6.54 Å². The highest BCUT2D eigenvalue weighted by molar-refractivity contribution is 6.42. The number of hydrogen-bond donors (Lipinski definition) is 2. The van der Waals surface area contributed by atoms with E-state index in [0.29, 0.717) is 16.6 Å². The predicted octanol–water partition coefficient (Wildman–Crippen LogP) is 3.33. The van der Waals surface area contributed by atoms with E-state index in [4.69, 9.17) is 23.2 Å². The van der Waals surface area contributed by atoms with Crippen molar-refractivity contribution in [3.8, 4) is 0 Å². The van der Waals surface area contributed by atoms with Gasteiger partial charge >= 0.3 is 0 Å². The number of nitrogens with one attached hydrogen (secondary N) is 2. The number of rotatable bonds is 3. The van der Waals surface area contributed by atoms with Crippen LogP contribution in [-0.4, -0.2) is 9.97 Å². The van der Waals surface area contributed by atoms with Crippen LogP contribution in [0.1, 0.15) is 5.56 Å². The van der Waals surface area contributed by atoms with E-state index in [0.717, 1.165) is 11.5 Å². The Balaban J connectivity index is 2.02. The maximum atomic E-state index is 5.89. The van der Waals surface area contributed by atoms with E-state index >= 15 is 0 Å². The van der Waals surface area contributed by atoms with Crippen molar-refractivity contribution in [1.82, 2.24) is 9.97 Å². The molecule has 3 nitrogen and oxygen atoms in total. The lowest BCUT2D eigenvalue weighted by Gasteiger charge is -2.04. The Kier molecular flexibility index (Phi) is 3.14. The zero-order valence-electron chi connectivity index (χ0n) is 7.80. The Morgan fingerprint density at radius 2 is 2.13 bits per heavy atom. The number of aromatic amines is 1. The van der Waals surface area contributed by atoms with E-state index in [2.05, 4.69) is 15.3 Å². The summed E-state index contributed by atoms with van der Waals surface area (Å²) in [5.41, 5.74) is 1.06. The molecule has 1 aromatic heterocycles. The highest BCUT2D eigenvalue weighted by Gasteiger charge is 1.99. The van der Waals surface area contributed by atoms with Crippen LogP contribution in [0.2, 0.25) is 10.0 Å². The van der Waals surface area contributed by atoms with Crippen molar-refractivity contribution in [3.05, 3.63) is 46.2 Å². The number of benzene rings is 1. The summed E-state index contributed by atoms with van der Waals surface area (Å²) in [6.07, 6.45) is 3.45. The number of anilines is 1. The Morgan fingerprint density at radius 3 is 2.80 bits per heavy atom.